The van der Waals surface area contributed by atoms with Crippen LogP contribution in [0.1, 0.15) is 52.9 Å². The Balaban J connectivity index is 1.37. The van der Waals surface area contributed by atoms with Crippen molar-refractivity contribution in [3.8, 4) is 11.5 Å². The van der Waals surface area contributed by atoms with Crippen LogP contribution in [-0.2, 0) is 9.53 Å². The molecule has 0 spiro atoms. The summed E-state index contributed by atoms with van der Waals surface area (Å²) in [6.45, 7) is 9.81. The third kappa shape index (κ3) is 6.86. The predicted molar refractivity (Wildman–Crippen MR) is 120 cm³/mol. The fraction of sp³-hybridized carbons (Fsp3) is 0.667. The van der Waals surface area contributed by atoms with Crippen LogP contribution in [0.5, 0.6) is 11.5 Å². The Labute approximate surface area is 185 Å². The molecule has 1 N–H and O–H groups in total. The van der Waals surface area contributed by atoms with Gasteiger partial charge in [0, 0.05) is 19.5 Å². The lowest BCUT2D eigenvalue weighted by atomic mass is 9.68. The summed E-state index contributed by atoms with van der Waals surface area (Å²) in [7, 11) is 0. The van der Waals surface area contributed by atoms with Crippen molar-refractivity contribution in [3.63, 3.8) is 0 Å². The van der Waals surface area contributed by atoms with Crippen LogP contribution in [0.15, 0.2) is 29.4 Å². The minimum atomic E-state index is -0.631. The number of oxime groups is 1. The zero-order valence-corrected chi connectivity index (χ0v) is 19.0. The lowest BCUT2D eigenvalue weighted by Crippen LogP contribution is -2.49. The maximum atomic E-state index is 11.6. The van der Waals surface area contributed by atoms with E-state index in [2.05, 4.69) is 23.9 Å². The maximum Gasteiger partial charge on any atom is 0.310 e. The Hall–Kier alpha value is -2.28. The van der Waals surface area contributed by atoms with Crippen LogP contribution in [0, 0.1) is 17.3 Å². The first-order valence-corrected chi connectivity index (χ1v) is 11.4. The van der Waals surface area contributed by atoms with Gasteiger partial charge in [0.1, 0.15) is 5.75 Å². The quantitative estimate of drug-likeness (QED) is 0.335. The molecule has 7 heteroatoms. The monoisotopic (exact) mass is 432 g/mol. The molecule has 1 saturated heterocycles. The highest BCUT2D eigenvalue weighted by molar-refractivity contribution is 5.76. The molecule has 1 aromatic rings. The van der Waals surface area contributed by atoms with Crippen molar-refractivity contribution in [2.45, 2.75) is 52.9 Å². The molecule has 1 aliphatic heterocycles. The third-order valence-electron chi connectivity index (χ3n) is 6.19. The topological polar surface area (TPSA) is 80.6 Å². The standard InChI is InChI=1S/C24H36N2O5/c1-18(2)15-30-21-6-4-7-22(14-21)31-25-19(3)29-16-20-8-12-26(13-9-20)17-24(23(27)28)10-5-11-24/h4,6-7,14,18,20H,5,8-13,15-17H2,1-3H3,(H,27,28)/b25-19+. The van der Waals surface area contributed by atoms with E-state index in [0.717, 1.165) is 50.9 Å². The summed E-state index contributed by atoms with van der Waals surface area (Å²) in [5.41, 5.74) is -0.499. The highest BCUT2D eigenvalue weighted by atomic mass is 16.6. The van der Waals surface area contributed by atoms with Crippen LogP contribution in [0.4, 0.5) is 0 Å². The normalized spacial score (nSPS) is 19.7. The number of benzene rings is 1. The summed E-state index contributed by atoms with van der Waals surface area (Å²) in [6, 6.07) is 7.43. The van der Waals surface area contributed by atoms with Crippen LogP contribution < -0.4 is 9.57 Å². The van der Waals surface area contributed by atoms with Crippen LogP contribution in [0.3, 0.4) is 0 Å². The first-order chi connectivity index (χ1) is 14.9. The molecule has 1 aliphatic carbocycles. The number of aliphatic carboxylic acids is 1. The van der Waals surface area contributed by atoms with Crippen LogP contribution in [-0.4, -0.2) is 54.7 Å². The second-order valence-electron chi connectivity index (χ2n) is 9.35. The maximum absolute atomic E-state index is 11.6. The van der Waals surface area contributed by atoms with Gasteiger partial charge in [0.05, 0.1) is 18.6 Å². The van der Waals surface area contributed by atoms with E-state index in [0.29, 0.717) is 43.2 Å². The van der Waals surface area contributed by atoms with Gasteiger partial charge in [0.25, 0.3) is 0 Å². The number of nitrogens with zero attached hydrogens (tertiary/aromatic N) is 2. The van der Waals surface area contributed by atoms with Crippen molar-refractivity contribution in [1.29, 1.82) is 0 Å². The van der Waals surface area contributed by atoms with Gasteiger partial charge in [-0.15, -0.1) is 0 Å². The Bertz CT molecular complexity index is 752. The summed E-state index contributed by atoms with van der Waals surface area (Å²) in [6.07, 6.45) is 4.69. The highest BCUT2D eigenvalue weighted by Gasteiger charge is 2.45. The fourth-order valence-electron chi connectivity index (χ4n) is 4.05. The number of hydrogen-bond donors (Lipinski definition) is 1. The van der Waals surface area contributed by atoms with E-state index in [9.17, 15) is 9.90 Å². The molecule has 1 saturated carbocycles. The molecule has 0 unspecified atom stereocenters. The van der Waals surface area contributed by atoms with Crippen LogP contribution in [0.25, 0.3) is 0 Å². The molecule has 0 amide bonds. The lowest BCUT2D eigenvalue weighted by molar-refractivity contribution is -0.156. The number of carboxylic acid groups (broad SMARTS) is 1. The molecule has 0 aromatic heterocycles. The molecular weight excluding hydrogens is 396 g/mol. The van der Waals surface area contributed by atoms with Gasteiger partial charge in [-0.05, 0) is 67.9 Å². The minimum Gasteiger partial charge on any atom is -0.493 e. The van der Waals surface area contributed by atoms with E-state index in [-0.39, 0.29) is 0 Å². The molecule has 31 heavy (non-hydrogen) atoms. The molecule has 1 heterocycles. The molecule has 2 aliphatic rings. The number of carboxylic acids is 1. The fourth-order valence-corrected chi connectivity index (χ4v) is 4.05. The van der Waals surface area contributed by atoms with Gasteiger partial charge in [-0.2, -0.15) is 0 Å². The second kappa shape index (κ2) is 10.8. The number of piperidine rings is 1. The number of carbonyl (C=O) groups is 1. The Morgan fingerprint density at radius 3 is 2.58 bits per heavy atom. The van der Waals surface area contributed by atoms with Gasteiger partial charge in [0.15, 0.2) is 5.75 Å². The third-order valence-corrected chi connectivity index (χ3v) is 6.19. The van der Waals surface area contributed by atoms with Gasteiger partial charge in [-0.3, -0.25) is 4.79 Å². The summed E-state index contributed by atoms with van der Waals surface area (Å²) in [5.74, 6) is 2.15. The molecule has 7 nitrogen and oxygen atoms in total. The zero-order chi connectivity index (χ0) is 22.3. The molecule has 172 valence electrons. The lowest BCUT2D eigenvalue weighted by Gasteiger charge is -2.43. The molecule has 0 atom stereocenters. The van der Waals surface area contributed by atoms with E-state index in [4.69, 9.17) is 14.3 Å². The molecular formula is C24H36N2O5. The van der Waals surface area contributed by atoms with E-state index in [1.165, 1.54) is 0 Å². The summed E-state index contributed by atoms with van der Waals surface area (Å²) >= 11 is 0. The molecule has 1 aromatic carbocycles. The minimum absolute atomic E-state index is 0.455. The molecule has 0 bridgehead atoms. The average molecular weight is 433 g/mol. The van der Waals surface area contributed by atoms with Crippen molar-refractivity contribution in [2.75, 3.05) is 32.8 Å². The van der Waals surface area contributed by atoms with Crippen LogP contribution >= 0.6 is 0 Å². The van der Waals surface area contributed by atoms with Gasteiger partial charge >= 0.3 is 5.97 Å². The smallest absolute Gasteiger partial charge is 0.310 e. The number of ether oxygens (including phenoxy) is 2. The SMILES string of the molecule is C/C(=N\Oc1cccc(OCC(C)C)c1)OCC1CCN(CC2(C(=O)O)CCC2)CC1. The first kappa shape index (κ1) is 23.4. The van der Waals surface area contributed by atoms with Crippen molar-refractivity contribution in [1.82, 2.24) is 4.90 Å². The number of rotatable bonds is 10. The second-order valence-corrected chi connectivity index (χ2v) is 9.35. The Morgan fingerprint density at radius 2 is 1.97 bits per heavy atom. The summed E-state index contributed by atoms with van der Waals surface area (Å²) in [4.78, 5) is 19.4. The van der Waals surface area contributed by atoms with Crippen LogP contribution in [0.2, 0.25) is 0 Å². The van der Waals surface area contributed by atoms with E-state index in [1.54, 1.807) is 6.92 Å². The van der Waals surface area contributed by atoms with Gasteiger partial charge in [0.2, 0.25) is 5.90 Å². The predicted octanol–water partition coefficient (Wildman–Crippen LogP) is 4.42. The van der Waals surface area contributed by atoms with E-state index >= 15 is 0 Å². The Morgan fingerprint density at radius 1 is 1.26 bits per heavy atom. The number of likely N-dealkylation sites (tertiary alicyclic amines) is 1. The van der Waals surface area contributed by atoms with E-state index in [1.807, 2.05) is 24.3 Å². The molecule has 0 radical (unpaired) electrons. The first-order valence-electron chi connectivity index (χ1n) is 11.4. The zero-order valence-electron chi connectivity index (χ0n) is 19.0. The van der Waals surface area contributed by atoms with Crippen molar-refractivity contribution < 1.29 is 24.2 Å². The Kier molecular flexibility index (Phi) is 8.18. The summed E-state index contributed by atoms with van der Waals surface area (Å²) < 4.78 is 11.5. The van der Waals surface area contributed by atoms with Crippen molar-refractivity contribution in [2.24, 2.45) is 22.4 Å². The van der Waals surface area contributed by atoms with Gasteiger partial charge in [-0.1, -0.05) is 26.3 Å². The van der Waals surface area contributed by atoms with Gasteiger partial charge < -0.3 is 24.3 Å². The molecule has 3 rings (SSSR count). The average Bonchev–Trinajstić information content (AvgIpc) is 2.72. The van der Waals surface area contributed by atoms with Crippen molar-refractivity contribution >= 4 is 11.9 Å². The van der Waals surface area contributed by atoms with Crippen molar-refractivity contribution in [3.05, 3.63) is 24.3 Å². The molecule has 2 fully saturated rings. The number of hydrogen-bond acceptors (Lipinski definition) is 6. The largest absolute Gasteiger partial charge is 0.493 e. The van der Waals surface area contributed by atoms with E-state index < -0.39 is 11.4 Å². The summed E-state index contributed by atoms with van der Waals surface area (Å²) in [5, 5.41) is 13.6. The van der Waals surface area contributed by atoms with Gasteiger partial charge in [-0.25, -0.2) is 0 Å². The highest BCUT2D eigenvalue weighted by Crippen LogP contribution is 2.42.